The SMILES string of the molecule is CSC[C@H](C)N[C@@H](C)c1ccsc1. The van der Waals surface area contributed by atoms with Crippen molar-refractivity contribution < 1.29 is 0 Å². The predicted octanol–water partition coefficient (Wildman–Crippen LogP) is 3.15. The summed E-state index contributed by atoms with van der Waals surface area (Å²) in [6.07, 6.45) is 2.15. The highest BCUT2D eigenvalue weighted by molar-refractivity contribution is 7.98. The van der Waals surface area contributed by atoms with Crippen molar-refractivity contribution in [3.63, 3.8) is 0 Å². The van der Waals surface area contributed by atoms with Crippen LogP contribution in [0.4, 0.5) is 0 Å². The zero-order valence-electron chi connectivity index (χ0n) is 8.41. The van der Waals surface area contributed by atoms with Gasteiger partial charge in [-0.05, 0) is 42.5 Å². The van der Waals surface area contributed by atoms with E-state index < -0.39 is 0 Å². The Balaban J connectivity index is 2.37. The van der Waals surface area contributed by atoms with E-state index in [0.717, 1.165) is 0 Å². The summed E-state index contributed by atoms with van der Waals surface area (Å²) >= 11 is 3.65. The third-order valence-corrected chi connectivity index (χ3v) is 3.53. The summed E-state index contributed by atoms with van der Waals surface area (Å²) in [6.45, 7) is 4.46. The molecule has 0 radical (unpaired) electrons. The average molecular weight is 215 g/mol. The molecule has 2 atom stereocenters. The first kappa shape index (κ1) is 11.1. The van der Waals surface area contributed by atoms with E-state index in [0.29, 0.717) is 12.1 Å². The molecule has 0 aromatic carbocycles. The quantitative estimate of drug-likeness (QED) is 0.810. The van der Waals surface area contributed by atoms with Crippen LogP contribution >= 0.6 is 23.1 Å². The molecule has 1 nitrogen and oxygen atoms in total. The minimum absolute atomic E-state index is 0.480. The predicted molar refractivity (Wildman–Crippen MR) is 63.7 cm³/mol. The Morgan fingerprint density at radius 3 is 2.85 bits per heavy atom. The second kappa shape index (κ2) is 5.68. The first-order valence-electron chi connectivity index (χ1n) is 4.51. The van der Waals surface area contributed by atoms with Gasteiger partial charge in [0.15, 0.2) is 0 Å². The number of hydrogen-bond acceptors (Lipinski definition) is 3. The summed E-state index contributed by atoms with van der Waals surface area (Å²) in [5.41, 5.74) is 1.40. The van der Waals surface area contributed by atoms with E-state index in [4.69, 9.17) is 0 Å². The Hall–Kier alpha value is 0.01000. The number of hydrogen-bond donors (Lipinski definition) is 1. The zero-order valence-corrected chi connectivity index (χ0v) is 10.0. The Kier molecular flexibility index (Phi) is 4.84. The molecule has 1 aromatic rings. The molecule has 0 unspecified atom stereocenters. The van der Waals surface area contributed by atoms with E-state index in [2.05, 4.69) is 42.2 Å². The van der Waals surface area contributed by atoms with Crippen LogP contribution in [-0.2, 0) is 0 Å². The first-order chi connectivity index (χ1) is 6.24. The summed E-state index contributed by atoms with van der Waals surface area (Å²) < 4.78 is 0. The molecular formula is C10H17NS2. The molecule has 1 rings (SSSR count). The molecule has 0 aliphatic heterocycles. The van der Waals surface area contributed by atoms with Crippen LogP contribution in [0.3, 0.4) is 0 Å². The lowest BCUT2D eigenvalue weighted by Gasteiger charge is -2.18. The fourth-order valence-corrected chi connectivity index (χ4v) is 2.69. The van der Waals surface area contributed by atoms with Gasteiger partial charge in [0, 0.05) is 17.8 Å². The maximum atomic E-state index is 3.57. The summed E-state index contributed by atoms with van der Waals surface area (Å²) in [7, 11) is 0. The maximum Gasteiger partial charge on any atom is 0.0302 e. The lowest BCUT2D eigenvalue weighted by atomic mass is 10.1. The third kappa shape index (κ3) is 3.71. The summed E-state index contributed by atoms with van der Waals surface area (Å²) in [6, 6.07) is 3.26. The maximum absolute atomic E-state index is 3.57. The van der Waals surface area contributed by atoms with E-state index in [9.17, 15) is 0 Å². The Morgan fingerprint density at radius 1 is 1.54 bits per heavy atom. The molecule has 0 bridgehead atoms. The molecule has 0 saturated carbocycles. The molecule has 0 amide bonds. The lowest BCUT2D eigenvalue weighted by Crippen LogP contribution is -2.30. The molecular weight excluding hydrogens is 198 g/mol. The summed E-state index contributed by atoms with van der Waals surface area (Å²) in [5.74, 6) is 1.18. The standard InChI is InChI=1S/C10H17NS2/c1-8(6-12-3)11-9(2)10-4-5-13-7-10/h4-5,7-9,11H,6H2,1-3H3/t8-,9-/m0/s1. The van der Waals surface area contributed by atoms with Crippen molar-refractivity contribution in [3.05, 3.63) is 22.4 Å². The highest BCUT2D eigenvalue weighted by atomic mass is 32.2. The van der Waals surface area contributed by atoms with Gasteiger partial charge < -0.3 is 5.32 Å². The summed E-state index contributed by atoms with van der Waals surface area (Å²) in [5, 5.41) is 7.91. The largest absolute Gasteiger partial charge is 0.307 e. The van der Waals surface area contributed by atoms with Crippen molar-refractivity contribution in [3.8, 4) is 0 Å². The van der Waals surface area contributed by atoms with Gasteiger partial charge in [-0.25, -0.2) is 0 Å². The normalized spacial score (nSPS) is 15.6. The number of nitrogens with one attached hydrogen (secondary N) is 1. The smallest absolute Gasteiger partial charge is 0.0302 e. The van der Waals surface area contributed by atoms with Crippen LogP contribution in [0, 0.1) is 0 Å². The van der Waals surface area contributed by atoms with Crippen molar-refractivity contribution >= 4 is 23.1 Å². The van der Waals surface area contributed by atoms with Crippen LogP contribution in [0.25, 0.3) is 0 Å². The van der Waals surface area contributed by atoms with E-state index in [-0.39, 0.29) is 0 Å². The van der Waals surface area contributed by atoms with Crippen LogP contribution in [-0.4, -0.2) is 18.1 Å². The van der Waals surface area contributed by atoms with E-state index >= 15 is 0 Å². The third-order valence-electron chi connectivity index (χ3n) is 1.99. The molecule has 0 saturated heterocycles. The first-order valence-corrected chi connectivity index (χ1v) is 6.84. The van der Waals surface area contributed by atoms with Crippen molar-refractivity contribution in [1.82, 2.24) is 5.32 Å². The zero-order chi connectivity index (χ0) is 9.68. The highest BCUT2D eigenvalue weighted by Gasteiger charge is 2.08. The van der Waals surface area contributed by atoms with Crippen molar-refractivity contribution in [2.75, 3.05) is 12.0 Å². The molecule has 74 valence electrons. The van der Waals surface area contributed by atoms with E-state index in [1.807, 2.05) is 11.8 Å². The Labute approximate surface area is 88.9 Å². The van der Waals surface area contributed by atoms with Crippen molar-refractivity contribution in [2.45, 2.75) is 25.9 Å². The Morgan fingerprint density at radius 2 is 2.31 bits per heavy atom. The van der Waals surface area contributed by atoms with Crippen molar-refractivity contribution in [2.24, 2.45) is 0 Å². The van der Waals surface area contributed by atoms with Crippen LogP contribution in [0.15, 0.2) is 16.8 Å². The topological polar surface area (TPSA) is 12.0 Å². The van der Waals surface area contributed by atoms with Gasteiger partial charge in [0.25, 0.3) is 0 Å². The van der Waals surface area contributed by atoms with Gasteiger partial charge in [0.1, 0.15) is 0 Å². The minimum atomic E-state index is 0.480. The fourth-order valence-electron chi connectivity index (χ4n) is 1.34. The fraction of sp³-hybridized carbons (Fsp3) is 0.600. The van der Waals surface area contributed by atoms with E-state index in [1.165, 1.54) is 11.3 Å². The molecule has 0 fully saturated rings. The second-order valence-corrected chi connectivity index (χ2v) is 4.99. The van der Waals surface area contributed by atoms with Gasteiger partial charge >= 0.3 is 0 Å². The van der Waals surface area contributed by atoms with Gasteiger partial charge in [-0.2, -0.15) is 23.1 Å². The molecule has 3 heteroatoms. The second-order valence-electron chi connectivity index (χ2n) is 3.30. The molecule has 13 heavy (non-hydrogen) atoms. The van der Waals surface area contributed by atoms with Gasteiger partial charge in [-0.1, -0.05) is 0 Å². The van der Waals surface area contributed by atoms with Crippen molar-refractivity contribution in [1.29, 1.82) is 0 Å². The lowest BCUT2D eigenvalue weighted by molar-refractivity contribution is 0.512. The molecule has 0 aliphatic rings. The molecule has 1 N–H and O–H groups in total. The van der Waals surface area contributed by atoms with Gasteiger partial charge in [-0.15, -0.1) is 0 Å². The highest BCUT2D eigenvalue weighted by Crippen LogP contribution is 2.16. The molecule has 0 spiro atoms. The minimum Gasteiger partial charge on any atom is -0.307 e. The average Bonchev–Trinajstić information content (AvgIpc) is 2.55. The monoisotopic (exact) mass is 215 g/mol. The van der Waals surface area contributed by atoms with Gasteiger partial charge in [0.05, 0.1) is 0 Å². The van der Waals surface area contributed by atoms with E-state index in [1.54, 1.807) is 11.3 Å². The van der Waals surface area contributed by atoms with Crippen LogP contribution in [0.5, 0.6) is 0 Å². The van der Waals surface area contributed by atoms with Crippen LogP contribution in [0.1, 0.15) is 25.5 Å². The molecule has 1 aromatic heterocycles. The van der Waals surface area contributed by atoms with Crippen LogP contribution in [0.2, 0.25) is 0 Å². The van der Waals surface area contributed by atoms with Gasteiger partial charge in [-0.3, -0.25) is 0 Å². The van der Waals surface area contributed by atoms with Gasteiger partial charge in [0.2, 0.25) is 0 Å². The van der Waals surface area contributed by atoms with Crippen LogP contribution < -0.4 is 5.32 Å². The molecule has 0 aliphatic carbocycles. The number of rotatable bonds is 5. The summed E-state index contributed by atoms with van der Waals surface area (Å²) in [4.78, 5) is 0. The number of thioether (sulfide) groups is 1. The Bertz CT molecular complexity index is 221. The number of thiophene rings is 1. The molecule has 1 heterocycles.